The number of nitrogens with one attached hydrogen (secondary N) is 1. The summed E-state index contributed by atoms with van der Waals surface area (Å²) in [5, 5.41) is 0.815. The molecule has 0 spiro atoms. The number of fused-ring (bicyclic) bond motifs is 4. The van der Waals surface area contributed by atoms with Crippen molar-refractivity contribution in [3.63, 3.8) is 0 Å². The number of aromatic amines is 1. The molecule has 0 saturated carbocycles. The zero-order valence-corrected chi connectivity index (χ0v) is 17.0. The third-order valence-corrected chi connectivity index (χ3v) is 5.99. The molecular formula is C22H16ClF2N3O3. The van der Waals surface area contributed by atoms with E-state index in [1.165, 1.54) is 4.90 Å². The zero-order valence-electron chi connectivity index (χ0n) is 16.3. The minimum absolute atomic E-state index is 0.0228. The standard InChI is InChI=1S/C22H16ClF2N3O3/c1-27(22(30)11-4-5-28-12(6-11)2-3-19(28)23)18-10-31-9-17-20(18)13-7-15(24)16(25)8-14(13)21(29)26-17/h2-8,18H,9-10H2,1H3,(H,26,29)/t18-/m0/s1. The number of amides is 1. The molecule has 0 bridgehead atoms. The third-order valence-electron chi connectivity index (χ3n) is 5.68. The van der Waals surface area contributed by atoms with Gasteiger partial charge < -0.3 is 19.0 Å². The van der Waals surface area contributed by atoms with Gasteiger partial charge in [0.15, 0.2) is 11.6 Å². The van der Waals surface area contributed by atoms with Crippen LogP contribution in [0.2, 0.25) is 5.15 Å². The van der Waals surface area contributed by atoms with Crippen LogP contribution in [0.15, 0.2) is 47.4 Å². The molecular weight excluding hydrogens is 428 g/mol. The van der Waals surface area contributed by atoms with Crippen molar-refractivity contribution < 1.29 is 18.3 Å². The molecule has 1 aromatic carbocycles. The van der Waals surface area contributed by atoms with Gasteiger partial charge in [0, 0.05) is 35.6 Å². The molecule has 0 aliphatic carbocycles. The predicted molar refractivity (Wildman–Crippen MR) is 111 cm³/mol. The number of ether oxygens (including phenoxy) is 1. The number of likely N-dealkylation sites (N-methyl/N-ethyl adjacent to an activating group) is 1. The lowest BCUT2D eigenvalue weighted by molar-refractivity contribution is 0.0335. The summed E-state index contributed by atoms with van der Waals surface area (Å²) in [5.74, 6) is -2.46. The van der Waals surface area contributed by atoms with Gasteiger partial charge in [-0.05, 0) is 41.8 Å². The Hall–Kier alpha value is -3.23. The summed E-state index contributed by atoms with van der Waals surface area (Å²) in [6, 6.07) is 8.18. The normalized spacial score (nSPS) is 15.9. The molecule has 1 aliphatic heterocycles. The number of pyridine rings is 2. The largest absolute Gasteiger partial charge is 0.373 e. The SMILES string of the molecule is CN(C(=O)c1ccn2c(Cl)ccc2c1)[C@H]1COCc2[nH]c(=O)c3cc(F)c(F)cc3c21. The number of nitrogens with zero attached hydrogens (tertiary/aromatic N) is 2. The smallest absolute Gasteiger partial charge is 0.256 e. The molecule has 1 aliphatic rings. The first kappa shape index (κ1) is 19.7. The van der Waals surface area contributed by atoms with Crippen molar-refractivity contribution in [1.82, 2.24) is 14.3 Å². The topological polar surface area (TPSA) is 66.8 Å². The number of rotatable bonds is 2. The van der Waals surface area contributed by atoms with Crippen LogP contribution in [-0.4, -0.2) is 33.8 Å². The third kappa shape index (κ3) is 3.10. The first-order valence-corrected chi connectivity index (χ1v) is 9.88. The van der Waals surface area contributed by atoms with Gasteiger partial charge in [0.1, 0.15) is 5.15 Å². The fourth-order valence-corrected chi connectivity index (χ4v) is 4.32. The second kappa shape index (κ2) is 7.18. The average Bonchev–Trinajstić information content (AvgIpc) is 3.14. The molecule has 0 fully saturated rings. The van der Waals surface area contributed by atoms with Crippen LogP contribution in [0.4, 0.5) is 8.78 Å². The monoisotopic (exact) mass is 443 g/mol. The molecule has 158 valence electrons. The Labute approximate surface area is 179 Å². The molecule has 5 rings (SSSR count). The van der Waals surface area contributed by atoms with Crippen LogP contribution in [0.5, 0.6) is 0 Å². The Kier molecular flexibility index (Phi) is 4.56. The summed E-state index contributed by atoms with van der Waals surface area (Å²) in [7, 11) is 1.61. The molecule has 0 radical (unpaired) electrons. The van der Waals surface area contributed by atoms with Gasteiger partial charge in [-0.3, -0.25) is 9.59 Å². The van der Waals surface area contributed by atoms with E-state index in [0.29, 0.717) is 22.0 Å². The molecule has 6 nitrogen and oxygen atoms in total. The van der Waals surface area contributed by atoms with Crippen molar-refractivity contribution in [1.29, 1.82) is 0 Å². The van der Waals surface area contributed by atoms with E-state index in [-0.39, 0.29) is 29.9 Å². The van der Waals surface area contributed by atoms with E-state index in [2.05, 4.69) is 4.98 Å². The first-order chi connectivity index (χ1) is 14.8. The number of halogens is 3. The molecule has 31 heavy (non-hydrogen) atoms. The fourth-order valence-electron chi connectivity index (χ4n) is 4.10. The van der Waals surface area contributed by atoms with Crippen molar-refractivity contribution in [3.8, 4) is 0 Å². The summed E-state index contributed by atoms with van der Waals surface area (Å²) in [6.07, 6.45) is 1.70. The summed E-state index contributed by atoms with van der Waals surface area (Å²) in [4.78, 5) is 29.8. The van der Waals surface area contributed by atoms with Crippen molar-refractivity contribution in [3.05, 3.63) is 86.6 Å². The van der Waals surface area contributed by atoms with E-state index >= 15 is 0 Å². The number of carbonyl (C=O) groups is 1. The number of aromatic nitrogens is 2. The second-order valence-electron chi connectivity index (χ2n) is 7.47. The van der Waals surface area contributed by atoms with Gasteiger partial charge in [-0.2, -0.15) is 0 Å². The number of hydrogen-bond donors (Lipinski definition) is 1. The zero-order chi connectivity index (χ0) is 21.9. The Morgan fingerprint density at radius 1 is 1.19 bits per heavy atom. The van der Waals surface area contributed by atoms with E-state index in [9.17, 15) is 18.4 Å². The van der Waals surface area contributed by atoms with E-state index in [0.717, 1.165) is 17.6 Å². The minimum Gasteiger partial charge on any atom is -0.373 e. The molecule has 4 aromatic rings. The van der Waals surface area contributed by atoms with Crippen molar-refractivity contribution in [2.24, 2.45) is 0 Å². The Morgan fingerprint density at radius 3 is 2.71 bits per heavy atom. The van der Waals surface area contributed by atoms with Crippen LogP contribution in [0.3, 0.4) is 0 Å². The van der Waals surface area contributed by atoms with Crippen LogP contribution in [0, 0.1) is 11.6 Å². The van der Waals surface area contributed by atoms with Crippen LogP contribution >= 0.6 is 11.6 Å². The van der Waals surface area contributed by atoms with E-state index in [1.54, 1.807) is 41.9 Å². The summed E-state index contributed by atoms with van der Waals surface area (Å²) >= 11 is 6.10. The van der Waals surface area contributed by atoms with E-state index in [4.69, 9.17) is 16.3 Å². The Morgan fingerprint density at radius 2 is 1.94 bits per heavy atom. The van der Waals surface area contributed by atoms with Crippen molar-refractivity contribution in [2.45, 2.75) is 12.6 Å². The van der Waals surface area contributed by atoms with Gasteiger partial charge in [0.05, 0.1) is 24.6 Å². The first-order valence-electron chi connectivity index (χ1n) is 9.50. The molecule has 4 heterocycles. The maximum Gasteiger partial charge on any atom is 0.256 e. The van der Waals surface area contributed by atoms with Gasteiger partial charge in [0.25, 0.3) is 11.5 Å². The highest BCUT2D eigenvalue weighted by Crippen LogP contribution is 2.34. The maximum absolute atomic E-state index is 14.0. The lowest BCUT2D eigenvalue weighted by Gasteiger charge is -2.34. The Balaban J connectivity index is 1.61. The van der Waals surface area contributed by atoms with E-state index in [1.807, 2.05) is 0 Å². The average molecular weight is 444 g/mol. The van der Waals surface area contributed by atoms with Crippen LogP contribution in [0.25, 0.3) is 16.3 Å². The van der Waals surface area contributed by atoms with Gasteiger partial charge >= 0.3 is 0 Å². The summed E-state index contributed by atoms with van der Waals surface area (Å²) in [6.45, 7) is 0.251. The van der Waals surface area contributed by atoms with Crippen molar-refractivity contribution >= 4 is 33.8 Å². The molecule has 9 heteroatoms. The van der Waals surface area contributed by atoms with Crippen LogP contribution < -0.4 is 5.56 Å². The highest BCUT2D eigenvalue weighted by molar-refractivity contribution is 6.30. The number of carbonyl (C=O) groups excluding carboxylic acids is 1. The van der Waals surface area contributed by atoms with Crippen molar-refractivity contribution in [2.75, 3.05) is 13.7 Å². The molecule has 0 unspecified atom stereocenters. The molecule has 0 saturated heterocycles. The van der Waals surface area contributed by atoms with Gasteiger partial charge in [-0.25, -0.2) is 8.78 Å². The number of H-pyrrole nitrogens is 1. The number of hydrogen-bond acceptors (Lipinski definition) is 3. The summed E-state index contributed by atoms with van der Waals surface area (Å²) in [5.41, 5.74) is 1.64. The van der Waals surface area contributed by atoms with Gasteiger partial charge in [-0.15, -0.1) is 0 Å². The van der Waals surface area contributed by atoms with Crippen LogP contribution in [0.1, 0.15) is 27.7 Å². The number of benzene rings is 1. The van der Waals surface area contributed by atoms with Crippen LogP contribution in [-0.2, 0) is 11.3 Å². The van der Waals surface area contributed by atoms with Gasteiger partial charge in [0.2, 0.25) is 0 Å². The molecule has 1 atom stereocenters. The quantitative estimate of drug-likeness (QED) is 0.508. The lowest BCUT2D eigenvalue weighted by Crippen LogP contribution is -2.37. The van der Waals surface area contributed by atoms with Gasteiger partial charge in [-0.1, -0.05) is 11.6 Å². The highest BCUT2D eigenvalue weighted by atomic mass is 35.5. The lowest BCUT2D eigenvalue weighted by atomic mass is 9.95. The van der Waals surface area contributed by atoms with E-state index < -0.39 is 23.2 Å². The second-order valence-corrected chi connectivity index (χ2v) is 7.86. The predicted octanol–water partition coefficient (Wildman–Crippen LogP) is 4.06. The minimum atomic E-state index is -1.11. The molecule has 3 aromatic heterocycles. The highest BCUT2D eigenvalue weighted by Gasteiger charge is 2.31. The molecule has 1 amide bonds. The maximum atomic E-state index is 14.0. The molecule has 1 N–H and O–H groups in total. The Bertz CT molecular complexity index is 1430. The fraction of sp³-hybridized carbons (Fsp3) is 0.182. The summed E-state index contributed by atoms with van der Waals surface area (Å²) < 4.78 is 35.1.